The second-order valence-electron chi connectivity index (χ2n) is 6.38. The summed E-state index contributed by atoms with van der Waals surface area (Å²) in [7, 11) is 0. The summed E-state index contributed by atoms with van der Waals surface area (Å²) in [6.45, 7) is 4.68. The molecule has 0 aliphatic carbocycles. The number of rotatable bonds is 5. The predicted octanol–water partition coefficient (Wildman–Crippen LogP) is 3.41. The van der Waals surface area contributed by atoms with Crippen LogP contribution in [0.3, 0.4) is 0 Å². The van der Waals surface area contributed by atoms with E-state index in [-0.39, 0.29) is 5.91 Å². The van der Waals surface area contributed by atoms with Crippen molar-refractivity contribution in [2.75, 3.05) is 18.5 Å². The van der Waals surface area contributed by atoms with Crippen LogP contribution in [0.1, 0.15) is 19.4 Å². The maximum atomic E-state index is 12.4. The first-order valence-corrected chi connectivity index (χ1v) is 9.78. The van der Waals surface area contributed by atoms with Crippen LogP contribution in [0, 0.1) is 0 Å². The quantitative estimate of drug-likeness (QED) is 0.510. The van der Waals surface area contributed by atoms with Crippen molar-refractivity contribution in [3.63, 3.8) is 0 Å². The van der Waals surface area contributed by atoms with Crippen LogP contribution < -0.4 is 20.2 Å². The molecular weight excluding hydrogens is 376 g/mol. The van der Waals surface area contributed by atoms with Crippen LogP contribution >= 0.6 is 11.3 Å². The number of hydrogen-bond donors (Lipinski definition) is 2. The zero-order valence-corrected chi connectivity index (χ0v) is 16.4. The second kappa shape index (κ2) is 7.85. The molecule has 2 aromatic carbocycles. The minimum Gasteiger partial charge on any atom is -0.486 e. The molecule has 0 unspecified atom stereocenters. The average molecular weight is 396 g/mol. The van der Waals surface area contributed by atoms with Gasteiger partial charge in [0, 0.05) is 5.56 Å². The number of ether oxygens (including phenoxy) is 2. The van der Waals surface area contributed by atoms with Crippen molar-refractivity contribution in [2.24, 2.45) is 5.10 Å². The van der Waals surface area contributed by atoms with Gasteiger partial charge in [-0.3, -0.25) is 4.79 Å². The second-order valence-corrected chi connectivity index (χ2v) is 7.42. The number of carbonyl (C=O) groups excluding carboxylic acids is 1. The van der Waals surface area contributed by atoms with Gasteiger partial charge in [-0.2, -0.15) is 5.10 Å². The summed E-state index contributed by atoms with van der Waals surface area (Å²) >= 11 is 1.51. The Bertz CT molecular complexity index is 1010. The Kier molecular flexibility index (Phi) is 5.12. The Labute approximate surface area is 166 Å². The molecule has 0 spiro atoms. The summed E-state index contributed by atoms with van der Waals surface area (Å²) in [6, 6.07) is 13.0. The number of benzene rings is 2. The number of aromatic nitrogens is 1. The van der Waals surface area contributed by atoms with Gasteiger partial charge in [0.2, 0.25) is 0 Å². The number of hydrazone groups is 1. The largest absolute Gasteiger partial charge is 0.486 e. The maximum absolute atomic E-state index is 12.4. The molecule has 0 saturated carbocycles. The van der Waals surface area contributed by atoms with E-state index in [1.807, 2.05) is 49.4 Å². The van der Waals surface area contributed by atoms with E-state index >= 15 is 0 Å². The summed E-state index contributed by atoms with van der Waals surface area (Å²) in [5, 5.41) is 8.04. The van der Waals surface area contributed by atoms with Crippen LogP contribution in [0.2, 0.25) is 0 Å². The molecular formula is C20H20N4O3S. The molecule has 2 N–H and O–H groups in total. The first-order valence-electron chi connectivity index (χ1n) is 8.96. The van der Waals surface area contributed by atoms with Gasteiger partial charge in [0.05, 0.1) is 15.9 Å². The molecule has 28 heavy (non-hydrogen) atoms. The van der Waals surface area contributed by atoms with Crippen molar-refractivity contribution in [3.05, 3.63) is 48.0 Å². The third-order valence-corrected chi connectivity index (χ3v) is 5.29. The third kappa shape index (κ3) is 3.91. The normalized spacial score (nSPS) is 14.6. The molecule has 144 valence electrons. The minimum atomic E-state index is -0.475. The molecule has 8 heteroatoms. The predicted molar refractivity (Wildman–Crippen MR) is 110 cm³/mol. The molecule has 0 saturated heterocycles. The monoisotopic (exact) mass is 396 g/mol. The molecule has 0 fully saturated rings. The van der Waals surface area contributed by atoms with Gasteiger partial charge < -0.3 is 14.8 Å². The smallest absolute Gasteiger partial charge is 0.262 e. The molecule has 1 aliphatic heterocycles. The van der Waals surface area contributed by atoms with Crippen molar-refractivity contribution in [1.82, 2.24) is 10.4 Å². The van der Waals surface area contributed by atoms with Gasteiger partial charge in [-0.1, -0.05) is 23.5 Å². The molecule has 1 amide bonds. The fourth-order valence-corrected chi connectivity index (χ4v) is 3.71. The molecule has 1 aromatic heterocycles. The van der Waals surface area contributed by atoms with Crippen LogP contribution in [0.15, 0.2) is 47.6 Å². The highest BCUT2D eigenvalue weighted by Crippen LogP contribution is 2.31. The first kappa shape index (κ1) is 18.2. The van der Waals surface area contributed by atoms with E-state index in [0.29, 0.717) is 29.8 Å². The Balaban J connectivity index is 1.39. The van der Waals surface area contributed by atoms with Crippen LogP contribution in [0.5, 0.6) is 11.5 Å². The standard InChI is InChI=1S/C20H20N4O3S/c1-12(14-7-8-16-17(11-14)27-10-9-26-16)23-24-19(25)13(2)21-20-22-15-5-3-4-6-18(15)28-20/h3-8,11,13H,9-10H2,1-2H3,(H,21,22)(H,24,25)/b23-12-/t13-/m0/s1. The third-order valence-electron chi connectivity index (χ3n) is 4.32. The lowest BCUT2D eigenvalue weighted by atomic mass is 10.1. The van der Waals surface area contributed by atoms with E-state index in [9.17, 15) is 4.79 Å². The molecule has 7 nitrogen and oxygen atoms in total. The van der Waals surface area contributed by atoms with Crippen molar-refractivity contribution in [1.29, 1.82) is 0 Å². The van der Waals surface area contributed by atoms with Gasteiger partial charge in [-0.25, -0.2) is 10.4 Å². The zero-order chi connectivity index (χ0) is 19.5. The van der Waals surface area contributed by atoms with E-state index < -0.39 is 6.04 Å². The number of amides is 1. The summed E-state index contributed by atoms with van der Waals surface area (Å²) in [6.07, 6.45) is 0. The van der Waals surface area contributed by atoms with Crippen LogP contribution in [-0.2, 0) is 4.79 Å². The van der Waals surface area contributed by atoms with Crippen LogP contribution in [0.4, 0.5) is 5.13 Å². The zero-order valence-electron chi connectivity index (χ0n) is 15.6. The minimum absolute atomic E-state index is 0.240. The van der Waals surface area contributed by atoms with Gasteiger partial charge in [0.1, 0.15) is 19.3 Å². The van der Waals surface area contributed by atoms with Crippen LogP contribution in [0.25, 0.3) is 10.2 Å². The number of nitrogens with one attached hydrogen (secondary N) is 2. The van der Waals surface area contributed by atoms with Gasteiger partial charge in [0.15, 0.2) is 16.6 Å². The fraction of sp³-hybridized carbons (Fsp3) is 0.250. The number of nitrogens with zero attached hydrogens (tertiary/aromatic N) is 2. The highest BCUT2D eigenvalue weighted by atomic mass is 32.1. The number of thiazole rings is 1. The van der Waals surface area contributed by atoms with Gasteiger partial charge in [0.25, 0.3) is 5.91 Å². The van der Waals surface area contributed by atoms with E-state index in [4.69, 9.17) is 9.47 Å². The molecule has 4 rings (SSSR count). The summed E-state index contributed by atoms with van der Waals surface area (Å²) in [4.78, 5) is 16.9. The summed E-state index contributed by atoms with van der Waals surface area (Å²) in [5.41, 5.74) is 5.05. The number of hydrogen-bond acceptors (Lipinski definition) is 7. The number of para-hydroxylation sites is 1. The number of fused-ring (bicyclic) bond motifs is 2. The SMILES string of the molecule is C/C(=N/NC(=O)[C@H](C)Nc1nc2ccccc2s1)c1ccc2c(c1)OCCO2. The Morgan fingerprint density at radius 1 is 1.18 bits per heavy atom. The van der Waals surface area contributed by atoms with Crippen molar-refractivity contribution >= 4 is 38.3 Å². The van der Waals surface area contributed by atoms with E-state index in [0.717, 1.165) is 21.5 Å². The Morgan fingerprint density at radius 2 is 1.96 bits per heavy atom. The van der Waals surface area contributed by atoms with Gasteiger partial charge in [-0.05, 0) is 44.2 Å². The maximum Gasteiger partial charge on any atom is 0.262 e. The molecule has 2 heterocycles. The lowest BCUT2D eigenvalue weighted by Crippen LogP contribution is -2.35. The molecule has 0 radical (unpaired) electrons. The molecule has 0 bridgehead atoms. The van der Waals surface area contributed by atoms with Gasteiger partial charge >= 0.3 is 0 Å². The molecule has 3 aromatic rings. The van der Waals surface area contributed by atoms with E-state index in [1.165, 1.54) is 11.3 Å². The highest BCUT2D eigenvalue weighted by Gasteiger charge is 2.15. The summed E-state index contributed by atoms with van der Waals surface area (Å²) < 4.78 is 12.2. The lowest BCUT2D eigenvalue weighted by Gasteiger charge is -2.18. The van der Waals surface area contributed by atoms with E-state index in [2.05, 4.69) is 20.8 Å². The molecule has 1 aliphatic rings. The summed E-state index contributed by atoms with van der Waals surface area (Å²) in [5.74, 6) is 1.17. The number of carbonyl (C=O) groups is 1. The van der Waals surface area contributed by atoms with Crippen molar-refractivity contribution in [2.45, 2.75) is 19.9 Å². The van der Waals surface area contributed by atoms with Crippen molar-refractivity contribution < 1.29 is 14.3 Å². The first-order chi connectivity index (χ1) is 13.6. The van der Waals surface area contributed by atoms with E-state index in [1.54, 1.807) is 6.92 Å². The Hall–Kier alpha value is -3.13. The average Bonchev–Trinajstić information content (AvgIpc) is 3.13. The fourth-order valence-electron chi connectivity index (χ4n) is 2.75. The highest BCUT2D eigenvalue weighted by molar-refractivity contribution is 7.22. The number of anilines is 1. The molecule has 1 atom stereocenters. The van der Waals surface area contributed by atoms with Gasteiger partial charge in [-0.15, -0.1) is 0 Å². The lowest BCUT2D eigenvalue weighted by molar-refractivity contribution is -0.121. The Morgan fingerprint density at radius 3 is 2.79 bits per heavy atom. The van der Waals surface area contributed by atoms with Crippen LogP contribution in [-0.4, -0.2) is 35.9 Å². The van der Waals surface area contributed by atoms with Crippen molar-refractivity contribution in [3.8, 4) is 11.5 Å². The topological polar surface area (TPSA) is 84.8 Å².